The van der Waals surface area contributed by atoms with Gasteiger partial charge < -0.3 is 9.47 Å². The average Bonchev–Trinajstić information content (AvgIpc) is 3.12. The summed E-state index contributed by atoms with van der Waals surface area (Å²) in [5, 5.41) is 0. The van der Waals surface area contributed by atoms with E-state index < -0.39 is 0 Å². The van der Waals surface area contributed by atoms with Crippen LogP contribution >= 0.6 is 0 Å². The van der Waals surface area contributed by atoms with Gasteiger partial charge in [-0.2, -0.15) is 0 Å². The molecular weight excluding hydrogens is 361 g/mol. The second-order valence-electron chi connectivity index (χ2n) is 8.45. The first-order valence-electron chi connectivity index (χ1n) is 12.1. The summed E-state index contributed by atoms with van der Waals surface area (Å²) in [6.45, 7) is 8.81. The Labute approximate surface area is 177 Å². The van der Waals surface area contributed by atoms with E-state index >= 15 is 0 Å². The predicted octanol–water partition coefficient (Wildman–Crippen LogP) is 7.20. The fourth-order valence-corrected chi connectivity index (χ4v) is 4.02. The quantitative estimate of drug-likeness (QED) is 0.260. The zero-order valence-electron chi connectivity index (χ0n) is 18.8. The molecule has 0 N–H and O–H groups in total. The number of aromatic nitrogens is 2. The van der Waals surface area contributed by atoms with Gasteiger partial charge in [-0.15, -0.1) is 0 Å². The number of imidazole rings is 1. The Morgan fingerprint density at radius 1 is 0.793 bits per heavy atom. The molecule has 0 saturated heterocycles. The van der Waals surface area contributed by atoms with E-state index in [1.165, 1.54) is 96.2 Å². The smallest absolute Gasteiger partial charge is 0.125 e. The molecule has 1 heterocycles. The van der Waals surface area contributed by atoms with Crippen LogP contribution in [0.15, 0.2) is 24.5 Å². The van der Waals surface area contributed by atoms with Gasteiger partial charge in [0, 0.05) is 13.1 Å². The molecule has 0 spiro atoms. The number of halogens is 1. The molecule has 164 valence electrons. The molecule has 2 aromatic rings. The zero-order valence-corrected chi connectivity index (χ0v) is 18.8. The second-order valence-corrected chi connectivity index (χ2v) is 8.45. The Balaban J connectivity index is 1.79. The molecule has 0 aliphatic carbocycles. The van der Waals surface area contributed by atoms with E-state index in [1.807, 2.05) is 6.33 Å². The Kier molecular flexibility index (Phi) is 12.0. The number of hydrogen-bond acceptors (Lipinski definition) is 2. The number of fused-ring (bicyclic) bond motifs is 1. The molecule has 3 nitrogen and oxygen atoms in total. The maximum Gasteiger partial charge on any atom is 0.125 e. The van der Waals surface area contributed by atoms with Gasteiger partial charge in [-0.3, -0.25) is 0 Å². The molecule has 4 heteroatoms. The van der Waals surface area contributed by atoms with Crippen LogP contribution in [0.2, 0.25) is 0 Å². The van der Waals surface area contributed by atoms with Crippen molar-refractivity contribution in [2.75, 3.05) is 19.6 Å². The minimum atomic E-state index is -0.185. The van der Waals surface area contributed by atoms with Crippen molar-refractivity contribution in [3.63, 3.8) is 0 Å². The molecule has 0 saturated carbocycles. The fraction of sp³-hybridized carbons (Fsp3) is 0.720. The normalized spacial score (nSPS) is 11.7. The van der Waals surface area contributed by atoms with Crippen LogP contribution in [-0.4, -0.2) is 34.1 Å². The molecule has 0 aliphatic rings. The van der Waals surface area contributed by atoms with Crippen molar-refractivity contribution >= 4 is 11.0 Å². The molecule has 29 heavy (non-hydrogen) atoms. The van der Waals surface area contributed by atoms with Gasteiger partial charge in [0.1, 0.15) is 5.82 Å². The monoisotopic (exact) mass is 403 g/mol. The largest absolute Gasteiger partial charge is 0.329 e. The molecule has 0 unspecified atom stereocenters. The SMILES string of the molecule is CCCCCCCCN(CCCCCCCC)CCn1cnc2ccc(F)cc21. The van der Waals surface area contributed by atoms with Gasteiger partial charge in [0.25, 0.3) is 0 Å². The highest BCUT2D eigenvalue weighted by Crippen LogP contribution is 2.15. The van der Waals surface area contributed by atoms with Gasteiger partial charge in [0.2, 0.25) is 0 Å². The number of nitrogens with zero attached hydrogens (tertiary/aromatic N) is 3. The summed E-state index contributed by atoms with van der Waals surface area (Å²) in [6.07, 6.45) is 18.0. The Hall–Kier alpha value is -1.42. The van der Waals surface area contributed by atoms with Crippen molar-refractivity contribution in [3.8, 4) is 0 Å². The van der Waals surface area contributed by atoms with E-state index in [0.29, 0.717) is 0 Å². The van der Waals surface area contributed by atoms with Gasteiger partial charge in [0.05, 0.1) is 17.4 Å². The van der Waals surface area contributed by atoms with Crippen LogP contribution in [0.3, 0.4) is 0 Å². The second kappa shape index (κ2) is 14.5. The van der Waals surface area contributed by atoms with E-state index in [2.05, 4.69) is 28.3 Å². The van der Waals surface area contributed by atoms with E-state index in [-0.39, 0.29) is 5.82 Å². The maximum absolute atomic E-state index is 13.6. The van der Waals surface area contributed by atoms with Gasteiger partial charge in [-0.1, -0.05) is 78.1 Å². The summed E-state index contributed by atoms with van der Waals surface area (Å²) in [7, 11) is 0. The van der Waals surface area contributed by atoms with Crippen LogP contribution in [-0.2, 0) is 6.54 Å². The van der Waals surface area contributed by atoms with Crippen LogP contribution in [0, 0.1) is 5.82 Å². The molecular formula is C25H42FN3. The molecule has 0 aliphatic heterocycles. The third-order valence-corrected chi connectivity index (χ3v) is 5.90. The number of hydrogen-bond donors (Lipinski definition) is 0. The molecule has 0 atom stereocenters. The predicted molar refractivity (Wildman–Crippen MR) is 123 cm³/mol. The molecule has 0 amide bonds. The van der Waals surface area contributed by atoms with E-state index in [0.717, 1.165) is 24.1 Å². The highest BCUT2D eigenvalue weighted by molar-refractivity contribution is 5.75. The lowest BCUT2D eigenvalue weighted by Gasteiger charge is -2.23. The third-order valence-electron chi connectivity index (χ3n) is 5.90. The highest BCUT2D eigenvalue weighted by Gasteiger charge is 2.08. The first-order chi connectivity index (χ1) is 14.2. The van der Waals surface area contributed by atoms with Crippen LogP contribution in [0.5, 0.6) is 0 Å². The molecule has 1 aromatic carbocycles. The molecule has 2 rings (SSSR count). The third kappa shape index (κ3) is 9.29. The van der Waals surface area contributed by atoms with Crippen molar-refractivity contribution in [3.05, 3.63) is 30.3 Å². The Morgan fingerprint density at radius 3 is 2.00 bits per heavy atom. The van der Waals surface area contributed by atoms with Crippen LogP contribution in [0.4, 0.5) is 4.39 Å². The summed E-state index contributed by atoms with van der Waals surface area (Å²) in [6, 6.07) is 4.86. The van der Waals surface area contributed by atoms with Crippen molar-refractivity contribution in [1.29, 1.82) is 0 Å². The standard InChI is InChI=1S/C25H42FN3/c1-3-5-7-9-11-13-17-28(18-14-12-10-8-6-4-2)19-20-29-22-27-24-16-15-23(26)21-25(24)29/h15-16,21-22H,3-14,17-20H2,1-2H3. The lowest BCUT2D eigenvalue weighted by atomic mass is 10.1. The van der Waals surface area contributed by atoms with Gasteiger partial charge in [-0.25, -0.2) is 9.37 Å². The first-order valence-corrected chi connectivity index (χ1v) is 12.1. The lowest BCUT2D eigenvalue weighted by Crippen LogP contribution is -2.29. The van der Waals surface area contributed by atoms with E-state index in [1.54, 1.807) is 12.1 Å². The topological polar surface area (TPSA) is 21.1 Å². The molecule has 0 radical (unpaired) electrons. The molecule has 0 bridgehead atoms. The van der Waals surface area contributed by atoms with Gasteiger partial charge in [-0.05, 0) is 44.1 Å². The first kappa shape index (κ1) is 23.9. The number of benzene rings is 1. The fourth-order valence-electron chi connectivity index (χ4n) is 4.02. The highest BCUT2D eigenvalue weighted by atomic mass is 19.1. The van der Waals surface area contributed by atoms with Crippen molar-refractivity contribution in [1.82, 2.24) is 14.5 Å². The van der Waals surface area contributed by atoms with Crippen LogP contribution in [0.1, 0.15) is 90.9 Å². The molecule has 0 fully saturated rings. The van der Waals surface area contributed by atoms with Crippen molar-refractivity contribution in [2.45, 2.75) is 97.4 Å². The Bertz CT molecular complexity index is 651. The number of unbranched alkanes of at least 4 members (excludes halogenated alkanes) is 10. The summed E-state index contributed by atoms with van der Waals surface area (Å²) >= 11 is 0. The zero-order chi connectivity index (χ0) is 20.7. The summed E-state index contributed by atoms with van der Waals surface area (Å²) in [5.74, 6) is -0.185. The van der Waals surface area contributed by atoms with Gasteiger partial charge in [0.15, 0.2) is 0 Å². The van der Waals surface area contributed by atoms with Crippen LogP contribution < -0.4 is 0 Å². The molecule has 1 aromatic heterocycles. The Morgan fingerprint density at radius 2 is 1.38 bits per heavy atom. The van der Waals surface area contributed by atoms with Crippen molar-refractivity contribution < 1.29 is 4.39 Å². The summed E-state index contributed by atoms with van der Waals surface area (Å²) < 4.78 is 15.7. The average molecular weight is 404 g/mol. The minimum absolute atomic E-state index is 0.185. The summed E-state index contributed by atoms with van der Waals surface area (Å²) in [5.41, 5.74) is 1.79. The van der Waals surface area contributed by atoms with Gasteiger partial charge >= 0.3 is 0 Å². The van der Waals surface area contributed by atoms with Crippen LogP contribution in [0.25, 0.3) is 11.0 Å². The van der Waals surface area contributed by atoms with Crippen molar-refractivity contribution in [2.24, 2.45) is 0 Å². The lowest BCUT2D eigenvalue weighted by molar-refractivity contribution is 0.251. The maximum atomic E-state index is 13.6. The number of rotatable bonds is 17. The van der Waals surface area contributed by atoms with E-state index in [4.69, 9.17) is 0 Å². The minimum Gasteiger partial charge on any atom is -0.329 e. The summed E-state index contributed by atoms with van der Waals surface area (Å²) in [4.78, 5) is 7.04. The van der Waals surface area contributed by atoms with E-state index in [9.17, 15) is 4.39 Å².